The van der Waals surface area contributed by atoms with Crippen LogP contribution in [0.5, 0.6) is 0 Å². The number of aryl methyl sites for hydroxylation is 1. The fraction of sp³-hybridized carbons (Fsp3) is 0.462. The highest BCUT2D eigenvalue weighted by Crippen LogP contribution is 2.20. The molecular formula is C13H16F2O2. The van der Waals surface area contributed by atoms with Crippen LogP contribution in [0, 0.1) is 24.5 Å². The van der Waals surface area contributed by atoms with Crippen molar-refractivity contribution in [3.63, 3.8) is 0 Å². The summed E-state index contributed by atoms with van der Waals surface area (Å²) in [5.74, 6) is -2.71. The maximum absolute atomic E-state index is 13.6. The Bertz CT molecular complexity index is 428. The molecule has 0 saturated carbocycles. The summed E-state index contributed by atoms with van der Waals surface area (Å²) in [6, 6.07) is 2.68. The molecule has 1 rings (SSSR count). The second kappa shape index (κ2) is 5.36. The second-order valence-electron chi connectivity index (χ2n) is 4.32. The van der Waals surface area contributed by atoms with Crippen molar-refractivity contribution in [1.82, 2.24) is 0 Å². The Morgan fingerprint density at radius 3 is 2.29 bits per heavy atom. The van der Waals surface area contributed by atoms with Crippen LogP contribution in [0.3, 0.4) is 0 Å². The largest absolute Gasteiger partial charge is 0.373 e. The fourth-order valence-corrected chi connectivity index (χ4v) is 1.67. The molecule has 94 valence electrons. The molecule has 0 radical (unpaired) electrons. The van der Waals surface area contributed by atoms with Crippen LogP contribution >= 0.6 is 0 Å². The third-order valence-electron chi connectivity index (χ3n) is 2.66. The Hall–Kier alpha value is -1.29. The number of methoxy groups -OCH3 is 1. The molecule has 1 unspecified atom stereocenters. The first kappa shape index (κ1) is 13.8. The molecule has 0 aliphatic carbocycles. The molecule has 0 aromatic heterocycles. The molecule has 0 bridgehead atoms. The van der Waals surface area contributed by atoms with Crippen LogP contribution in [0.2, 0.25) is 0 Å². The second-order valence-corrected chi connectivity index (χ2v) is 4.32. The van der Waals surface area contributed by atoms with Gasteiger partial charge < -0.3 is 4.74 Å². The van der Waals surface area contributed by atoms with Gasteiger partial charge in [-0.15, -0.1) is 0 Å². The van der Waals surface area contributed by atoms with Crippen molar-refractivity contribution in [2.24, 2.45) is 5.92 Å². The predicted octanol–water partition coefficient (Wildman–Crippen LogP) is 3.13. The molecule has 17 heavy (non-hydrogen) atoms. The van der Waals surface area contributed by atoms with Crippen molar-refractivity contribution in [3.8, 4) is 0 Å². The van der Waals surface area contributed by atoms with Gasteiger partial charge in [-0.05, 0) is 24.5 Å². The van der Waals surface area contributed by atoms with Crippen molar-refractivity contribution in [1.29, 1.82) is 0 Å². The molecule has 0 heterocycles. The molecule has 0 aliphatic heterocycles. The highest BCUT2D eigenvalue weighted by molar-refractivity contribution is 6.00. The number of hydrogen-bond donors (Lipinski definition) is 0. The lowest BCUT2D eigenvalue weighted by Crippen LogP contribution is -2.29. The summed E-state index contributed by atoms with van der Waals surface area (Å²) in [6.07, 6.45) is -0.758. The van der Waals surface area contributed by atoms with Crippen LogP contribution in [0.25, 0.3) is 0 Å². The van der Waals surface area contributed by atoms with Gasteiger partial charge in [-0.1, -0.05) is 19.9 Å². The summed E-state index contributed by atoms with van der Waals surface area (Å²) in [4.78, 5) is 12.0. The van der Waals surface area contributed by atoms with E-state index in [9.17, 15) is 13.6 Å². The van der Waals surface area contributed by atoms with Crippen LogP contribution < -0.4 is 0 Å². The number of ether oxygens (including phenoxy) is 1. The van der Waals surface area contributed by atoms with Crippen LogP contribution in [-0.2, 0) is 4.74 Å². The Morgan fingerprint density at radius 1 is 1.24 bits per heavy atom. The van der Waals surface area contributed by atoms with Crippen LogP contribution in [0.1, 0.15) is 29.8 Å². The summed E-state index contributed by atoms with van der Waals surface area (Å²) in [5, 5.41) is 0. The van der Waals surface area contributed by atoms with Crippen LogP contribution in [-0.4, -0.2) is 19.0 Å². The molecule has 0 saturated heterocycles. The van der Waals surface area contributed by atoms with Crippen molar-refractivity contribution in [2.45, 2.75) is 26.9 Å². The number of benzene rings is 1. The summed E-state index contributed by atoms with van der Waals surface area (Å²) in [7, 11) is 1.38. The van der Waals surface area contributed by atoms with E-state index >= 15 is 0 Å². The third kappa shape index (κ3) is 2.69. The Morgan fingerprint density at radius 2 is 1.82 bits per heavy atom. The zero-order valence-electron chi connectivity index (χ0n) is 10.4. The van der Waals surface area contributed by atoms with E-state index in [1.54, 1.807) is 13.8 Å². The number of halogens is 2. The van der Waals surface area contributed by atoms with Gasteiger partial charge in [-0.25, -0.2) is 8.78 Å². The highest BCUT2D eigenvalue weighted by atomic mass is 19.2. The molecule has 1 atom stereocenters. The van der Waals surface area contributed by atoms with E-state index < -0.39 is 23.5 Å². The molecule has 0 spiro atoms. The maximum Gasteiger partial charge on any atom is 0.194 e. The average molecular weight is 242 g/mol. The van der Waals surface area contributed by atoms with Crippen molar-refractivity contribution < 1.29 is 18.3 Å². The summed E-state index contributed by atoms with van der Waals surface area (Å²) in [5.41, 5.74) is -0.0776. The van der Waals surface area contributed by atoms with E-state index in [0.717, 1.165) is 0 Å². The minimum absolute atomic E-state index is 0.101. The lowest BCUT2D eigenvalue weighted by atomic mass is 9.96. The lowest BCUT2D eigenvalue weighted by Gasteiger charge is -2.18. The number of ketones is 1. The number of carbonyl (C=O) groups excluding carboxylic acids is 1. The minimum Gasteiger partial charge on any atom is -0.373 e. The lowest BCUT2D eigenvalue weighted by molar-refractivity contribution is 0.0454. The van der Waals surface area contributed by atoms with Gasteiger partial charge in [0, 0.05) is 7.11 Å². The SMILES string of the molecule is COC(C(=O)c1ccc(C)c(F)c1F)C(C)C. The van der Waals surface area contributed by atoms with Crippen molar-refractivity contribution >= 4 is 5.78 Å². The number of Topliss-reactive ketones (excluding diaryl/α,β-unsaturated/α-hetero) is 1. The molecule has 0 fully saturated rings. The maximum atomic E-state index is 13.6. The number of rotatable bonds is 4. The molecular weight excluding hydrogens is 226 g/mol. The topological polar surface area (TPSA) is 26.3 Å². The standard InChI is InChI=1S/C13H16F2O2/c1-7(2)13(17-4)12(16)9-6-5-8(3)10(14)11(9)15/h5-7,13H,1-4H3. The van der Waals surface area contributed by atoms with Gasteiger partial charge in [0.2, 0.25) is 0 Å². The summed E-state index contributed by atoms with van der Waals surface area (Å²) in [6.45, 7) is 5.02. The first-order valence-corrected chi connectivity index (χ1v) is 5.41. The van der Waals surface area contributed by atoms with Gasteiger partial charge in [0.05, 0.1) is 5.56 Å². The van der Waals surface area contributed by atoms with Gasteiger partial charge >= 0.3 is 0 Å². The molecule has 2 nitrogen and oxygen atoms in total. The Balaban J connectivity index is 3.17. The minimum atomic E-state index is -1.10. The Kier molecular flexibility index (Phi) is 4.34. The van der Waals surface area contributed by atoms with E-state index in [0.29, 0.717) is 0 Å². The fourth-order valence-electron chi connectivity index (χ4n) is 1.67. The quantitative estimate of drug-likeness (QED) is 0.758. The normalized spacial score (nSPS) is 12.9. The highest BCUT2D eigenvalue weighted by Gasteiger charge is 2.27. The monoisotopic (exact) mass is 242 g/mol. The predicted molar refractivity (Wildman–Crippen MR) is 61.1 cm³/mol. The smallest absolute Gasteiger partial charge is 0.194 e. The van der Waals surface area contributed by atoms with Crippen molar-refractivity contribution in [2.75, 3.05) is 7.11 Å². The molecule has 0 amide bonds. The van der Waals surface area contributed by atoms with Gasteiger partial charge in [0.1, 0.15) is 6.10 Å². The molecule has 1 aromatic rings. The molecule has 0 N–H and O–H groups in total. The first-order valence-electron chi connectivity index (χ1n) is 5.41. The first-order chi connectivity index (χ1) is 7.90. The van der Waals surface area contributed by atoms with Crippen molar-refractivity contribution in [3.05, 3.63) is 34.9 Å². The van der Waals surface area contributed by atoms with E-state index in [1.807, 2.05) is 0 Å². The van der Waals surface area contributed by atoms with Gasteiger partial charge in [-0.2, -0.15) is 0 Å². The van der Waals surface area contributed by atoms with Gasteiger partial charge in [-0.3, -0.25) is 4.79 Å². The third-order valence-corrected chi connectivity index (χ3v) is 2.66. The molecule has 4 heteroatoms. The van der Waals surface area contributed by atoms with Crippen LogP contribution in [0.15, 0.2) is 12.1 Å². The zero-order chi connectivity index (χ0) is 13.2. The Labute approximate surface area is 99.6 Å². The average Bonchev–Trinajstić information content (AvgIpc) is 2.26. The number of hydrogen-bond acceptors (Lipinski definition) is 2. The van der Waals surface area contributed by atoms with E-state index in [-0.39, 0.29) is 17.0 Å². The summed E-state index contributed by atoms with van der Waals surface area (Å²) >= 11 is 0. The van der Waals surface area contributed by atoms with Gasteiger partial charge in [0.15, 0.2) is 17.4 Å². The summed E-state index contributed by atoms with van der Waals surface area (Å²) < 4.78 is 32.0. The van der Waals surface area contributed by atoms with Gasteiger partial charge in [0.25, 0.3) is 0 Å². The van der Waals surface area contributed by atoms with E-state index in [1.165, 1.54) is 26.2 Å². The molecule has 1 aromatic carbocycles. The van der Waals surface area contributed by atoms with E-state index in [4.69, 9.17) is 4.74 Å². The van der Waals surface area contributed by atoms with E-state index in [2.05, 4.69) is 0 Å². The zero-order valence-corrected chi connectivity index (χ0v) is 10.4. The number of carbonyl (C=O) groups is 1. The molecule has 0 aliphatic rings. The van der Waals surface area contributed by atoms with Crippen LogP contribution in [0.4, 0.5) is 8.78 Å².